The zero-order valence-corrected chi connectivity index (χ0v) is 15.6. The number of nitrogens with one attached hydrogen (secondary N) is 1. The van der Waals surface area contributed by atoms with Crippen LogP contribution in [-0.2, 0) is 15.7 Å². The number of amides is 1. The zero-order chi connectivity index (χ0) is 22.4. The van der Waals surface area contributed by atoms with Gasteiger partial charge >= 0.3 is 12.4 Å². The molecule has 2 aromatic rings. The maximum Gasteiger partial charge on any atom is 0.417 e. The second-order valence-electron chi connectivity index (χ2n) is 5.96. The molecule has 0 atom stereocenters. The maximum atomic E-state index is 13.4. The number of hydrogen-bond donors (Lipinski definition) is 1. The van der Waals surface area contributed by atoms with Crippen molar-refractivity contribution in [2.45, 2.75) is 12.4 Å². The second kappa shape index (κ2) is 9.66. The number of carbonyl (C=O) groups is 1. The lowest BCUT2D eigenvalue weighted by atomic mass is 10.0. The van der Waals surface area contributed by atoms with Crippen molar-refractivity contribution >= 4 is 17.2 Å². The van der Waals surface area contributed by atoms with Crippen LogP contribution in [0.25, 0.3) is 5.57 Å². The highest BCUT2D eigenvalue weighted by atomic mass is 19.4. The van der Waals surface area contributed by atoms with E-state index < -0.39 is 35.1 Å². The summed E-state index contributed by atoms with van der Waals surface area (Å²) < 4.78 is 89.1. The highest BCUT2D eigenvalue weighted by Crippen LogP contribution is 2.36. The van der Waals surface area contributed by atoms with Crippen molar-refractivity contribution in [1.29, 1.82) is 0 Å². The number of allylic oxidation sites excluding steroid dienone is 1. The number of halogens is 6. The van der Waals surface area contributed by atoms with Crippen LogP contribution in [0, 0.1) is 0 Å². The van der Waals surface area contributed by atoms with E-state index in [1.54, 1.807) is 0 Å². The third-order valence-corrected chi connectivity index (χ3v) is 3.78. The fourth-order valence-corrected chi connectivity index (χ4v) is 2.41. The first-order chi connectivity index (χ1) is 14.0. The van der Waals surface area contributed by atoms with Gasteiger partial charge in [0.15, 0.2) is 0 Å². The number of alkyl halides is 6. The molecule has 0 spiro atoms. The summed E-state index contributed by atoms with van der Waals surface area (Å²) in [6.07, 6.45) is -9.29. The summed E-state index contributed by atoms with van der Waals surface area (Å²) >= 11 is 0. The van der Waals surface area contributed by atoms with Gasteiger partial charge in [-0.3, -0.25) is 4.79 Å². The van der Waals surface area contributed by atoms with Crippen LogP contribution in [0.2, 0.25) is 0 Å². The van der Waals surface area contributed by atoms with Crippen molar-refractivity contribution in [1.82, 2.24) is 0 Å². The molecule has 0 aliphatic heterocycles. The fourth-order valence-electron chi connectivity index (χ4n) is 2.41. The van der Waals surface area contributed by atoms with Crippen LogP contribution in [0.4, 0.5) is 32.0 Å². The Morgan fingerprint density at radius 1 is 1.00 bits per heavy atom. The Hall–Kier alpha value is -3.01. The molecule has 0 unspecified atom stereocenters. The molecule has 0 fully saturated rings. The Bertz CT molecular complexity index is 892. The van der Waals surface area contributed by atoms with Crippen molar-refractivity contribution in [2.24, 2.45) is 0 Å². The summed E-state index contributed by atoms with van der Waals surface area (Å²) in [5.74, 6) is -1.41. The molecule has 30 heavy (non-hydrogen) atoms. The first-order valence-electron chi connectivity index (χ1n) is 8.50. The van der Waals surface area contributed by atoms with E-state index in [0.717, 1.165) is 24.3 Å². The molecule has 10 heteroatoms. The largest absolute Gasteiger partial charge is 0.489 e. The second-order valence-corrected chi connectivity index (χ2v) is 5.96. The van der Waals surface area contributed by atoms with Crippen molar-refractivity contribution < 1.29 is 40.6 Å². The number of methoxy groups -OCH3 is 1. The molecular formula is C20H17F6NO3. The van der Waals surface area contributed by atoms with E-state index in [1.807, 2.05) is 5.32 Å². The summed E-state index contributed by atoms with van der Waals surface area (Å²) in [5.41, 5.74) is -3.02. The lowest BCUT2D eigenvalue weighted by molar-refractivity contribution is -0.137. The molecular weight excluding hydrogens is 416 g/mol. The van der Waals surface area contributed by atoms with Gasteiger partial charge in [0.25, 0.3) is 0 Å². The van der Waals surface area contributed by atoms with Gasteiger partial charge in [0.1, 0.15) is 12.4 Å². The van der Waals surface area contributed by atoms with Crippen LogP contribution < -0.4 is 10.1 Å². The van der Waals surface area contributed by atoms with Gasteiger partial charge in [-0.1, -0.05) is 30.3 Å². The van der Waals surface area contributed by atoms with E-state index in [2.05, 4.69) is 0 Å². The molecule has 0 aromatic heterocycles. The lowest BCUT2D eigenvalue weighted by Gasteiger charge is -2.16. The van der Waals surface area contributed by atoms with Gasteiger partial charge in [-0.05, 0) is 23.8 Å². The Balaban J connectivity index is 2.37. The van der Waals surface area contributed by atoms with Gasteiger partial charge in [-0.15, -0.1) is 0 Å². The molecule has 0 heterocycles. The normalized spacial score (nSPS) is 12.6. The molecule has 0 saturated carbocycles. The number of benzene rings is 2. The van der Waals surface area contributed by atoms with Gasteiger partial charge in [0, 0.05) is 13.2 Å². The molecule has 0 saturated heterocycles. The van der Waals surface area contributed by atoms with Crippen LogP contribution in [0.5, 0.6) is 5.75 Å². The van der Waals surface area contributed by atoms with E-state index >= 15 is 0 Å². The molecule has 1 amide bonds. The minimum Gasteiger partial charge on any atom is -0.489 e. The Labute approximate surface area is 168 Å². The smallest absolute Gasteiger partial charge is 0.417 e. The van der Waals surface area contributed by atoms with Crippen LogP contribution >= 0.6 is 0 Å². The first-order valence-corrected chi connectivity index (χ1v) is 8.50. The fraction of sp³-hybridized carbons (Fsp3) is 0.250. The molecule has 2 aromatic carbocycles. The standard InChI is InChI=1S/C20H17F6NO3/c1-29-9-10-30-17-8-7-14(19(21,22)23)11-16(17)27-18(28)12-15(20(24,25)26)13-5-3-2-4-6-13/h2-8,11-12H,9-10H2,1H3,(H,27,28)/b15-12-. The Morgan fingerprint density at radius 3 is 2.23 bits per heavy atom. The van der Waals surface area contributed by atoms with Crippen LogP contribution in [-0.4, -0.2) is 32.4 Å². The Morgan fingerprint density at radius 2 is 1.67 bits per heavy atom. The number of hydrogen-bond acceptors (Lipinski definition) is 3. The van der Waals surface area contributed by atoms with Gasteiger partial charge in [0.2, 0.25) is 5.91 Å². The molecule has 1 N–H and O–H groups in total. The van der Waals surface area contributed by atoms with Gasteiger partial charge < -0.3 is 14.8 Å². The summed E-state index contributed by atoms with van der Waals surface area (Å²) in [7, 11) is 1.38. The van der Waals surface area contributed by atoms with E-state index in [1.165, 1.54) is 25.3 Å². The van der Waals surface area contributed by atoms with E-state index in [0.29, 0.717) is 6.07 Å². The number of carbonyl (C=O) groups excluding carboxylic acids is 1. The SMILES string of the molecule is COCCOc1ccc(C(F)(F)F)cc1NC(=O)/C=C(/c1ccccc1)C(F)(F)F. The third-order valence-electron chi connectivity index (χ3n) is 3.78. The van der Waals surface area contributed by atoms with Gasteiger partial charge in [-0.25, -0.2) is 0 Å². The Kier molecular flexibility index (Phi) is 7.49. The quantitative estimate of drug-likeness (QED) is 0.366. The number of anilines is 1. The van der Waals surface area contributed by atoms with Gasteiger partial charge in [-0.2, -0.15) is 26.3 Å². The zero-order valence-electron chi connectivity index (χ0n) is 15.6. The molecule has 162 valence electrons. The summed E-state index contributed by atoms with van der Waals surface area (Å²) in [6.45, 7) is 0.0684. The third kappa shape index (κ3) is 6.51. The van der Waals surface area contributed by atoms with Crippen molar-refractivity contribution in [3.63, 3.8) is 0 Å². The average molecular weight is 433 g/mol. The number of ether oxygens (including phenoxy) is 2. The molecule has 0 aliphatic carbocycles. The summed E-state index contributed by atoms with van der Waals surface area (Å²) in [5, 5.41) is 2.04. The predicted octanol–water partition coefficient (Wildman–Crippen LogP) is 5.32. The summed E-state index contributed by atoms with van der Waals surface area (Å²) in [6, 6.07) is 8.85. The molecule has 0 aliphatic rings. The van der Waals surface area contributed by atoms with E-state index in [-0.39, 0.29) is 30.6 Å². The van der Waals surface area contributed by atoms with Crippen molar-refractivity contribution in [2.75, 3.05) is 25.6 Å². The molecule has 2 rings (SSSR count). The topological polar surface area (TPSA) is 47.6 Å². The highest BCUT2D eigenvalue weighted by molar-refractivity contribution is 6.05. The minimum absolute atomic E-state index is 0.0433. The van der Waals surface area contributed by atoms with E-state index in [4.69, 9.17) is 9.47 Å². The number of rotatable bonds is 7. The lowest BCUT2D eigenvalue weighted by Crippen LogP contribution is -2.17. The molecule has 0 radical (unpaired) electrons. The average Bonchev–Trinajstić information content (AvgIpc) is 2.66. The summed E-state index contributed by atoms with van der Waals surface area (Å²) in [4.78, 5) is 12.2. The molecule has 0 bridgehead atoms. The van der Waals surface area contributed by atoms with Crippen LogP contribution in [0.3, 0.4) is 0 Å². The monoisotopic (exact) mass is 433 g/mol. The predicted molar refractivity (Wildman–Crippen MR) is 97.9 cm³/mol. The highest BCUT2D eigenvalue weighted by Gasteiger charge is 2.35. The van der Waals surface area contributed by atoms with E-state index in [9.17, 15) is 31.1 Å². The maximum absolute atomic E-state index is 13.4. The first kappa shape index (κ1) is 23.3. The van der Waals surface area contributed by atoms with Crippen molar-refractivity contribution in [3.8, 4) is 5.75 Å². The van der Waals surface area contributed by atoms with Crippen LogP contribution in [0.1, 0.15) is 11.1 Å². The molecule has 4 nitrogen and oxygen atoms in total. The van der Waals surface area contributed by atoms with Gasteiger partial charge in [0.05, 0.1) is 23.4 Å². The van der Waals surface area contributed by atoms with Crippen LogP contribution in [0.15, 0.2) is 54.6 Å². The minimum atomic E-state index is -4.86. The van der Waals surface area contributed by atoms with Crippen molar-refractivity contribution in [3.05, 3.63) is 65.7 Å².